The highest BCUT2D eigenvalue weighted by Gasteiger charge is 2.12. The minimum Gasteiger partial charge on any atom is -0.388 e. The van der Waals surface area contributed by atoms with Crippen LogP contribution in [0.1, 0.15) is 39.0 Å². The molecule has 0 aromatic heterocycles. The van der Waals surface area contributed by atoms with Gasteiger partial charge in [0.05, 0.1) is 0 Å². The van der Waals surface area contributed by atoms with Crippen LogP contribution in [-0.4, -0.2) is 6.54 Å². The van der Waals surface area contributed by atoms with Crippen LogP contribution < -0.4 is 5.32 Å². The fourth-order valence-electron chi connectivity index (χ4n) is 1.94. The lowest BCUT2D eigenvalue weighted by molar-refractivity contribution is 0.351. The second-order valence-electron chi connectivity index (χ2n) is 4.11. The third kappa shape index (κ3) is 4.34. The molecule has 14 heavy (non-hydrogen) atoms. The van der Waals surface area contributed by atoms with Crippen molar-refractivity contribution < 1.29 is 0 Å². The predicted octanol–water partition coefficient (Wildman–Crippen LogP) is 3.40. The Morgan fingerprint density at radius 2 is 2.14 bits per heavy atom. The van der Waals surface area contributed by atoms with E-state index in [0.717, 1.165) is 12.5 Å². The summed E-state index contributed by atoms with van der Waals surface area (Å²) < 4.78 is 0. The molecule has 0 heterocycles. The highest BCUT2D eigenvalue weighted by atomic mass is 14.9. The fraction of sp³-hybridized carbons (Fsp3) is 0.615. The van der Waals surface area contributed by atoms with E-state index in [1.807, 2.05) is 12.2 Å². The van der Waals surface area contributed by atoms with Crippen LogP contribution >= 0.6 is 0 Å². The molecule has 0 spiro atoms. The summed E-state index contributed by atoms with van der Waals surface area (Å²) in [5.74, 6) is 0.889. The predicted molar refractivity (Wildman–Crippen MR) is 62.0 cm³/mol. The molecule has 0 saturated heterocycles. The lowest BCUT2D eigenvalue weighted by Gasteiger charge is -2.22. The maximum atomic E-state index is 3.53. The molecular weight excluding hydrogens is 170 g/mol. The molecule has 78 valence electrons. The average molecular weight is 191 g/mol. The number of allylic oxidation sites excluding steroid dienone is 3. The molecule has 1 aliphatic carbocycles. The summed E-state index contributed by atoms with van der Waals surface area (Å²) in [7, 11) is 0. The minimum atomic E-state index is 0.889. The zero-order chi connectivity index (χ0) is 10.2. The van der Waals surface area contributed by atoms with E-state index in [9.17, 15) is 0 Å². The second kappa shape index (κ2) is 6.50. The van der Waals surface area contributed by atoms with Gasteiger partial charge in [-0.05, 0) is 37.8 Å². The van der Waals surface area contributed by atoms with E-state index in [0.29, 0.717) is 0 Å². The molecule has 0 aromatic rings. The molecule has 0 unspecified atom stereocenters. The number of hydrogen-bond acceptors (Lipinski definition) is 1. The highest BCUT2D eigenvalue weighted by molar-refractivity contribution is 5.07. The third-order valence-electron chi connectivity index (χ3n) is 2.85. The van der Waals surface area contributed by atoms with Crippen molar-refractivity contribution in [3.05, 3.63) is 30.2 Å². The van der Waals surface area contributed by atoms with Gasteiger partial charge in [0, 0.05) is 12.2 Å². The molecule has 1 N–H and O–H groups in total. The molecular formula is C13H21N. The van der Waals surface area contributed by atoms with Crippen molar-refractivity contribution in [1.29, 1.82) is 0 Å². The van der Waals surface area contributed by atoms with Crippen molar-refractivity contribution in [3.8, 4) is 0 Å². The van der Waals surface area contributed by atoms with Crippen molar-refractivity contribution in [2.24, 2.45) is 5.92 Å². The number of rotatable bonds is 4. The molecule has 0 aliphatic heterocycles. The van der Waals surface area contributed by atoms with Crippen molar-refractivity contribution in [2.45, 2.75) is 39.0 Å². The van der Waals surface area contributed by atoms with Crippen molar-refractivity contribution in [3.63, 3.8) is 0 Å². The maximum absolute atomic E-state index is 3.53. The zero-order valence-electron chi connectivity index (χ0n) is 9.18. The van der Waals surface area contributed by atoms with Gasteiger partial charge in [0.25, 0.3) is 0 Å². The number of hydrogen-bond donors (Lipinski definition) is 1. The lowest BCUT2D eigenvalue weighted by atomic mass is 9.89. The first-order valence-electron chi connectivity index (χ1n) is 5.59. The summed E-state index contributed by atoms with van der Waals surface area (Å²) in [6.07, 6.45) is 10.9. The van der Waals surface area contributed by atoms with Gasteiger partial charge < -0.3 is 5.32 Å². The van der Waals surface area contributed by atoms with Crippen LogP contribution in [0.4, 0.5) is 0 Å². The van der Waals surface area contributed by atoms with Crippen LogP contribution in [0.15, 0.2) is 30.2 Å². The van der Waals surface area contributed by atoms with E-state index in [-0.39, 0.29) is 0 Å². The van der Waals surface area contributed by atoms with Crippen molar-refractivity contribution in [2.75, 3.05) is 6.54 Å². The van der Waals surface area contributed by atoms with Gasteiger partial charge in [0.1, 0.15) is 0 Å². The van der Waals surface area contributed by atoms with E-state index in [1.54, 1.807) is 0 Å². The molecule has 0 aromatic carbocycles. The molecule has 1 saturated carbocycles. The van der Waals surface area contributed by atoms with Crippen LogP contribution in [0.2, 0.25) is 0 Å². The van der Waals surface area contributed by atoms with Crippen molar-refractivity contribution >= 4 is 0 Å². The topological polar surface area (TPSA) is 12.0 Å². The maximum Gasteiger partial charge on any atom is 0.0172 e. The van der Waals surface area contributed by atoms with Crippen LogP contribution in [0, 0.1) is 5.92 Å². The first-order chi connectivity index (χ1) is 6.83. The summed E-state index contributed by atoms with van der Waals surface area (Å²) in [5.41, 5.74) is 3.96. The summed E-state index contributed by atoms with van der Waals surface area (Å²) in [4.78, 5) is 0. The van der Waals surface area contributed by atoms with Crippen LogP contribution in [0.25, 0.3) is 0 Å². The Morgan fingerprint density at radius 3 is 2.79 bits per heavy atom. The third-order valence-corrected chi connectivity index (χ3v) is 2.85. The average Bonchev–Trinajstić information content (AvgIpc) is 2.25. The van der Waals surface area contributed by atoms with Gasteiger partial charge in [0.15, 0.2) is 0 Å². The van der Waals surface area contributed by atoms with Gasteiger partial charge >= 0.3 is 0 Å². The Morgan fingerprint density at radius 1 is 1.43 bits per heavy atom. The van der Waals surface area contributed by atoms with E-state index in [2.05, 4.69) is 24.6 Å². The zero-order valence-corrected chi connectivity index (χ0v) is 9.18. The monoisotopic (exact) mass is 191 g/mol. The highest BCUT2D eigenvalue weighted by Crippen LogP contribution is 2.22. The molecule has 0 amide bonds. The summed E-state index contributed by atoms with van der Waals surface area (Å²) in [6, 6.07) is 0. The standard InChI is InChI=1S/C13H21N/c1-3-4-8-12(2)14-11-13-9-6-5-7-10-13/h4,8,13-14H,1,5-7,9-11H2,2H3/b12-8-. The smallest absolute Gasteiger partial charge is 0.0172 e. The van der Waals surface area contributed by atoms with Crippen LogP contribution in [0.5, 0.6) is 0 Å². The first kappa shape index (κ1) is 11.1. The quantitative estimate of drug-likeness (QED) is 0.530. The van der Waals surface area contributed by atoms with Crippen LogP contribution in [-0.2, 0) is 0 Å². The number of nitrogens with one attached hydrogen (secondary N) is 1. The van der Waals surface area contributed by atoms with E-state index in [4.69, 9.17) is 0 Å². The molecule has 1 heteroatoms. The molecule has 0 atom stereocenters. The van der Waals surface area contributed by atoms with E-state index >= 15 is 0 Å². The summed E-state index contributed by atoms with van der Waals surface area (Å²) >= 11 is 0. The molecule has 0 radical (unpaired) electrons. The van der Waals surface area contributed by atoms with Crippen LogP contribution in [0.3, 0.4) is 0 Å². The summed E-state index contributed by atoms with van der Waals surface area (Å²) in [5, 5.41) is 3.45. The molecule has 1 rings (SSSR count). The molecule has 1 fully saturated rings. The minimum absolute atomic E-state index is 0.889. The fourth-order valence-corrected chi connectivity index (χ4v) is 1.94. The Hall–Kier alpha value is -0.940. The van der Waals surface area contributed by atoms with Gasteiger partial charge in [-0.1, -0.05) is 25.8 Å². The van der Waals surface area contributed by atoms with Gasteiger partial charge in [-0.3, -0.25) is 0 Å². The van der Waals surface area contributed by atoms with Gasteiger partial charge in [-0.25, -0.2) is 0 Å². The summed E-state index contributed by atoms with van der Waals surface area (Å²) in [6.45, 7) is 6.76. The van der Waals surface area contributed by atoms with Crippen molar-refractivity contribution in [1.82, 2.24) is 5.32 Å². The van der Waals surface area contributed by atoms with E-state index in [1.165, 1.54) is 37.8 Å². The van der Waals surface area contributed by atoms with Gasteiger partial charge in [0.2, 0.25) is 0 Å². The molecule has 1 nitrogen and oxygen atoms in total. The normalized spacial score (nSPS) is 18.8. The first-order valence-corrected chi connectivity index (χ1v) is 5.59. The van der Waals surface area contributed by atoms with Gasteiger partial charge in [-0.15, -0.1) is 5.73 Å². The Labute approximate surface area is 87.6 Å². The Balaban J connectivity index is 2.21. The lowest BCUT2D eigenvalue weighted by Crippen LogP contribution is -2.22. The van der Waals surface area contributed by atoms with E-state index < -0.39 is 0 Å². The second-order valence-corrected chi connectivity index (χ2v) is 4.11. The largest absolute Gasteiger partial charge is 0.388 e. The van der Waals surface area contributed by atoms with Gasteiger partial charge in [-0.2, -0.15) is 0 Å². The molecule has 1 aliphatic rings. The molecule has 0 bridgehead atoms. The SMILES string of the molecule is C=C=C/C=C(/C)NCC1CCCCC1. The Kier molecular flexibility index (Phi) is 5.17. The Bertz CT molecular complexity index is 228.